The zero-order valence-corrected chi connectivity index (χ0v) is 13.1. The third-order valence-electron chi connectivity index (χ3n) is 4.56. The molecule has 22 heavy (non-hydrogen) atoms. The molecular formula is C14H18N6OS. The summed E-state index contributed by atoms with van der Waals surface area (Å²) in [5, 5.41) is 13.1. The zero-order chi connectivity index (χ0) is 14.9. The van der Waals surface area contributed by atoms with Gasteiger partial charge in [0.15, 0.2) is 0 Å². The standard InChI is InChI=1S/C14H18N6OS/c21-14(13-12(4-8-22-13)20-10-15-16-17-20)19-7-6-18-5-2-1-3-11(18)9-19/h4,8,10-11H,1-3,5-7,9H2/t11-/m1/s1. The van der Waals surface area contributed by atoms with E-state index in [1.807, 2.05) is 16.3 Å². The monoisotopic (exact) mass is 318 g/mol. The van der Waals surface area contributed by atoms with E-state index in [0.717, 1.165) is 30.2 Å². The number of tetrazole rings is 1. The number of hydrogen-bond donors (Lipinski definition) is 0. The Kier molecular flexibility index (Phi) is 3.63. The minimum Gasteiger partial charge on any atom is -0.335 e. The van der Waals surface area contributed by atoms with Crippen molar-refractivity contribution in [1.29, 1.82) is 0 Å². The first-order valence-electron chi connectivity index (χ1n) is 7.67. The summed E-state index contributed by atoms with van der Waals surface area (Å²) in [4.78, 5) is 18.1. The summed E-state index contributed by atoms with van der Waals surface area (Å²) in [5.41, 5.74) is 0.770. The van der Waals surface area contributed by atoms with E-state index in [4.69, 9.17) is 0 Å². The molecule has 116 valence electrons. The van der Waals surface area contributed by atoms with Crippen LogP contribution in [0.15, 0.2) is 17.8 Å². The number of piperazine rings is 1. The van der Waals surface area contributed by atoms with E-state index >= 15 is 0 Å². The van der Waals surface area contributed by atoms with Crippen molar-refractivity contribution in [3.05, 3.63) is 22.7 Å². The number of thiophene rings is 1. The Morgan fingerprint density at radius 3 is 3.09 bits per heavy atom. The van der Waals surface area contributed by atoms with Crippen LogP contribution in [0.25, 0.3) is 5.69 Å². The molecule has 2 aromatic rings. The first kappa shape index (κ1) is 13.8. The highest BCUT2D eigenvalue weighted by molar-refractivity contribution is 7.12. The average molecular weight is 318 g/mol. The predicted molar refractivity (Wildman–Crippen MR) is 82.1 cm³/mol. The second kappa shape index (κ2) is 5.77. The molecule has 0 aromatic carbocycles. The molecule has 4 heterocycles. The molecule has 2 fully saturated rings. The summed E-state index contributed by atoms with van der Waals surface area (Å²) in [6.07, 6.45) is 5.29. The molecule has 1 amide bonds. The SMILES string of the molecule is O=C(c1sccc1-n1cnnn1)N1CCN2CCCC[C@@H]2C1. The number of carbonyl (C=O) groups is 1. The quantitative estimate of drug-likeness (QED) is 0.827. The van der Waals surface area contributed by atoms with Crippen LogP contribution in [0.5, 0.6) is 0 Å². The summed E-state index contributed by atoms with van der Waals surface area (Å²) >= 11 is 1.46. The molecule has 0 aliphatic carbocycles. The normalized spacial score (nSPS) is 22.5. The maximum Gasteiger partial charge on any atom is 0.266 e. The van der Waals surface area contributed by atoms with Gasteiger partial charge in [-0.05, 0) is 41.3 Å². The largest absolute Gasteiger partial charge is 0.335 e. The van der Waals surface area contributed by atoms with Crippen LogP contribution >= 0.6 is 11.3 Å². The lowest BCUT2D eigenvalue weighted by Gasteiger charge is -2.43. The number of piperidine rings is 1. The molecule has 2 aromatic heterocycles. The van der Waals surface area contributed by atoms with E-state index < -0.39 is 0 Å². The van der Waals surface area contributed by atoms with Crippen LogP contribution in [0.2, 0.25) is 0 Å². The summed E-state index contributed by atoms with van der Waals surface area (Å²) in [5.74, 6) is 0.103. The van der Waals surface area contributed by atoms with Gasteiger partial charge in [-0.15, -0.1) is 16.4 Å². The van der Waals surface area contributed by atoms with Gasteiger partial charge in [0.1, 0.15) is 11.2 Å². The second-order valence-corrected chi connectivity index (χ2v) is 6.74. The van der Waals surface area contributed by atoms with Gasteiger partial charge >= 0.3 is 0 Å². The van der Waals surface area contributed by atoms with Crippen molar-refractivity contribution in [1.82, 2.24) is 30.0 Å². The Morgan fingerprint density at radius 1 is 1.27 bits per heavy atom. The van der Waals surface area contributed by atoms with Crippen molar-refractivity contribution in [2.75, 3.05) is 26.2 Å². The molecular weight excluding hydrogens is 300 g/mol. The minimum atomic E-state index is 0.103. The Labute approximate surface area is 132 Å². The molecule has 0 radical (unpaired) electrons. The molecule has 2 saturated heterocycles. The Bertz CT molecular complexity index is 654. The molecule has 4 rings (SSSR count). The van der Waals surface area contributed by atoms with Crippen LogP contribution in [-0.4, -0.2) is 68.1 Å². The van der Waals surface area contributed by atoms with E-state index in [2.05, 4.69) is 20.4 Å². The highest BCUT2D eigenvalue weighted by Gasteiger charge is 2.32. The molecule has 0 bridgehead atoms. The van der Waals surface area contributed by atoms with Gasteiger partial charge in [-0.1, -0.05) is 6.42 Å². The Morgan fingerprint density at radius 2 is 2.23 bits per heavy atom. The smallest absolute Gasteiger partial charge is 0.266 e. The summed E-state index contributed by atoms with van der Waals surface area (Å²) in [7, 11) is 0. The molecule has 2 aliphatic heterocycles. The highest BCUT2D eigenvalue weighted by Crippen LogP contribution is 2.26. The van der Waals surface area contributed by atoms with E-state index in [9.17, 15) is 4.79 Å². The van der Waals surface area contributed by atoms with E-state index in [1.54, 1.807) is 4.68 Å². The zero-order valence-electron chi connectivity index (χ0n) is 12.3. The Hall–Kier alpha value is -1.80. The molecule has 7 nitrogen and oxygen atoms in total. The lowest BCUT2D eigenvalue weighted by molar-refractivity contribution is 0.0376. The predicted octanol–water partition coefficient (Wildman–Crippen LogP) is 1.03. The second-order valence-electron chi connectivity index (χ2n) is 5.83. The highest BCUT2D eigenvalue weighted by atomic mass is 32.1. The number of nitrogens with zero attached hydrogens (tertiary/aromatic N) is 6. The number of hydrogen-bond acceptors (Lipinski definition) is 6. The Balaban J connectivity index is 1.54. The van der Waals surface area contributed by atoms with Gasteiger partial charge in [0.25, 0.3) is 5.91 Å². The fourth-order valence-corrected chi connectivity index (χ4v) is 4.24. The fourth-order valence-electron chi connectivity index (χ4n) is 3.40. The summed E-state index contributed by atoms with van der Waals surface area (Å²) < 4.78 is 1.56. The van der Waals surface area contributed by atoms with Gasteiger partial charge in [-0.3, -0.25) is 9.69 Å². The summed E-state index contributed by atoms with van der Waals surface area (Å²) in [6, 6.07) is 2.42. The van der Waals surface area contributed by atoms with Crippen LogP contribution in [0, 0.1) is 0 Å². The van der Waals surface area contributed by atoms with Gasteiger partial charge < -0.3 is 4.90 Å². The van der Waals surface area contributed by atoms with Crippen LogP contribution in [0.3, 0.4) is 0 Å². The number of aromatic nitrogens is 4. The first-order chi connectivity index (χ1) is 10.8. The number of rotatable bonds is 2. The van der Waals surface area contributed by atoms with E-state index in [1.165, 1.54) is 43.5 Å². The lowest BCUT2D eigenvalue weighted by Crippen LogP contribution is -2.56. The van der Waals surface area contributed by atoms with E-state index in [0.29, 0.717) is 6.04 Å². The molecule has 8 heteroatoms. The number of carbonyl (C=O) groups excluding carboxylic acids is 1. The average Bonchev–Trinajstić information content (AvgIpc) is 3.24. The van der Waals surface area contributed by atoms with Crippen LogP contribution in [0.1, 0.15) is 28.9 Å². The van der Waals surface area contributed by atoms with Gasteiger partial charge in [-0.2, -0.15) is 4.68 Å². The molecule has 0 unspecified atom stereocenters. The van der Waals surface area contributed by atoms with Gasteiger partial charge in [0, 0.05) is 25.7 Å². The molecule has 2 aliphatic rings. The van der Waals surface area contributed by atoms with Crippen molar-refractivity contribution in [2.45, 2.75) is 25.3 Å². The van der Waals surface area contributed by atoms with E-state index in [-0.39, 0.29) is 5.91 Å². The van der Waals surface area contributed by atoms with Crippen LogP contribution in [0.4, 0.5) is 0 Å². The number of fused-ring (bicyclic) bond motifs is 1. The van der Waals surface area contributed by atoms with Crippen LogP contribution < -0.4 is 0 Å². The fraction of sp³-hybridized carbons (Fsp3) is 0.571. The van der Waals surface area contributed by atoms with Crippen molar-refractivity contribution in [3.8, 4) is 5.69 Å². The lowest BCUT2D eigenvalue weighted by atomic mass is 9.99. The minimum absolute atomic E-state index is 0.103. The molecule has 0 spiro atoms. The molecule has 0 N–H and O–H groups in total. The maximum absolute atomic E-state index is 12.9. The third kappa shape index (κ3) is 2.42. The van der Waals surface area contributed by atoms with Crippen molar-refractivity contribution >= 4 is 17.2 Å². The van der Waals surface area contributed by atoms with Gasteiger partial charge in [0.05, 0.1) is 5.69 Å². The number of amides is 1. The first-order valence-corrected chi connectivity index (χ1v) is 8.55. The maximum atomic E-state index is 12.9. The van der Waals surface area contributed by atoms with Gasteiger partial charge in [-0.25, -0.2) is 0 Å². The third-order valence-corrected chi connectivity index (χ3v) is 5.45. The van der Waals surface area contributed by atoms with Crippen LogP contribution in [-0.2, 0) is 0 Å². The molecule has 1 atom stereocenters. The molecule has 0 saturated carbocycles. The van der Waals surface area contributed by atoms with Gasteiger partial charge in [0.2, 0.25) is 0 Å². The van der Waals surface area contributed by atoms with Crippen molar-refractivity contribution in [2.24, 2.45) is 0 Å². The summed E-state index contributed by atoms with van der Waals surface area (Å²) in [6.45, 7) is 3.82. The topological polar surface area (TPSA) is 67.2 Å². The van der Waals surface area contributed by atoms with Crippen molar-refractivity contribution in [3.63, 3.8) is 0 Å². The van der Waals surface area contributed by atoms with Crippen molar-refractivity contribution < 1.29 is 4.79 Å².